The van der Waals surface area contributed by atoms with Gasteiger partial charge in [0.15, 0.2) is 0 Å². The number of hydrogen-bond donors (Lipinski definition) is 1. The van der Waals surface area contributed by atoms with E-state index in [1.165, 1.54) is 25.7 Å². The van der Waals surface area contributed by atoms with Gasteiger partial charge in [-0.3, -0.25) is 4.90 Å². The van der Waals surface area contributed by atoms with E-state index in [9.17, 15) is 9.90 Å². The summed E-state index contributed by atoms with van der Waals surface area (Å²) < 4.78 is 6.08. The van der Waals surface area contributed by atoms with Crippen molar-refractivity contribution < 1.29 is 14.6 Å². The highest BCUT2D eigenvalue weighted by molar-refractivity contribution is 5.85. The summed E-state index contributed by atoms with van der Waals surface area (Å²) >= 11 is 0. The summed E-state index contributed by atoms with van der Waals surface area (Å²) in [6.07, 6.45) is 6.57. The van der Waals surface area contributed by atoms with Crippen LogP contribution in [0, 0.1) is 5.92 Å². The third-order valence-corrected chi connectivity index (χ3v) is 7.57. The van der Waals surface area contributed by atoms with Crippen LogP contribution in [0.1, 0.15) is 49.7 Å². The molecule has 4 nitrogen and oxygen atoms in total. The van der Waals surface area contributed by atoms with Gasteiger partial charge in [0.1, 0.15) is 6.10 Å². The third kappa shape index (κ3) is 3.01. The third-order valence-electron chi connectivity index (χ3n) is 7.57. The maximum Gasteiger partial charge on any atom is 0.347 e. The molecular weight excluding hydrogens is 362 g/mol. The maximum absolute atomic E-state index is 13.5. The number of aliphatic hydroxyl groups is 1. The van der Waals surface area contributed by atoms with Crippen molar-refractivity contribution in [2.45, 2.75) is 61.8 Å². The van der Waals surface area contributed by atoms with Crippen molar-refractivity contribution in [2.75, 3.05) is 7.05 Å². The summed E-state index contributed by atoms with van der Waals surface area (Å²) in [6, 6.07) is 18.8. The molecule has 0 radical (unpaired) electrons. The lowest BCUT2D eigenvalue weighted by Gasteiger charge is -2.46. The highest BCUT2D eigenvalue weighted by Gasteiger charge is 2.58. The first-order chi connectivity index (χ1) is 14.0. The van der Waals surface area contributed by atoms with Gasteiger partial charge in [-0.25, -0.2) is 4.79 Å². The predicted molar refractivity (Wildman–Crippen MR) is 111 cm³/mol. The molecule has 3 fully saturated rings. The lowest BCUT2D eigenvalue weighted by atomic mass is 9.82. The van der Waals surface area contributed by atoms with Gasteiger partial charge in [0.05, 0.1) is 0 Å². The van der Waals surface area contributed by atoms with E-state index in [0.29, 0.717) is 17.2 Å². The number of nitrogens with zero attached hydrogens (tertiary/aromatic N) is 1. The maximum atomic E-state index is 13.5. The van der Waals surface area contributed by atoms with E-state index in [-0.39, 0.29) is 11.6 Å². The van der Waals surface area contributed by atoms with Crippen molar-refractivity contribution in [1.29, 1.82) is 0 Å². The summed E-state index contributed by atoms with van der Waals surface area (Å²) in [7, 11) is 2.25. The van der Waals surface area contributed by atoms with Gasteiger partial charge in [0.25, 0.3) is 0 Å². The second kappa shape index (κ2) is 6.96. The van der Waals surface area contributed by atoms with Gasteiger partial charge in [-0.15, -0.1) is 0 Å². The molecule has 3 atom stereocenters. The topological polar surface area (TPSA) is 49.8 Å². The second-order valence-corrected chi connectivity index (χ2v) is 9.09. The van der Waals surface area contributed by atoms with E-state index in [4.69, 9.17) is 4.74 Å². The Bertz CT molecular complexity index is 840. The molecule has 2 aliphatic heterocycles. The minimum atomic E-state index is -1.79. The van der Waals surface area contributed by atoms with E-state index in [0.717, 1.165) is 18.8 Å². The molecule has 2 bridgehead atoms. The van der Waals surface area contributed by atoms with Crippen LogP contribution < -0.4 is 0 Å². The van der Waals surface area contributed by atoms with Crippen molar-refractivity contribution in [1.82, 2.24) is 4.90 Å². The standard InChI is InChI=1S/C25H29NO3/c1-26-21-14-15-24(26,18-12-13-18)17-22(16-21)29-23(27)25(28,19-8-4-2-5-9-19)20-10-6-3-7-11-20/h2-11,18,21-22,28H,12-17H2,1H3. The molecule has 3 unspecified atom stereocenters. The van der Waals surface area contributed by atoms with Gasteiger partial charge in [-0.05, 0) is 49.8 Å². The quantitative estimate of drug-likeness (QED) is 0.786. The Balaban J connectivity index is 1.43. The average Bonchev–Trinajstić information content (AvgIpc) is 3.58. The molecule has 3 aliphatic rings. The van der Waals surface area contributed by atoms with Crippen LogP contribution in [0.4, 0.5) is 0 Å². The van der Waals surface area contributed by atoms with Crippen molar-refractivity contribution >= 4 is 5.97 Å². The first kappa shape index (κ1) is 18.8. The van der Waals surface area contributed by atoms with E-state index in [1.54, 1.807) is 24.3 Å². The van der Waals surface area contributed by atoms with E-state index >= 15 is 0 Å². The number of ether oxygens (including phenoxy) is 1. The van der Waals surface area contributed by atoms with Gasteiger partial charge in [0.2, 0.25) is 5.60 Å². The van der Waals surface area contributed by atoms with E-state index in [1.807, 2.05) is 36.4 Å². The van der Waals surface area contributed by atoms with Crippen LogP contribution in [0.25, 0.3) is 0 Å². The largest absolute Gasteiger partial charge is 0.460 e. The van der Waals surface area contributed by atoms with Gasteiger partial charge in [-0.1, -0.05) is 60.7 Å². The number of carbonyl (C=O) groups excluding carboxylic acids is 1. The monoisotopic (exact) mass is 391 g/mol. The molecule has 1 saturated carbocycles. The number of rotatable bonds is 5. The Kier molecular flexibility index (Phi) is 4.52. The lowest BCUT2D eigenvalue weighted by molar-refractivity contribution is -0.173. The highest BCUT2D eigenvalue weighted by atomic mass is 16.6. The number of benzene rings is 2. The number of carbonyl (C=O) groups is 1. The number of fused-ring (bicyclic) bond motifs is 2. The number of hydrogen-bond acceptors (Lipinski definition) is 4. The van der Waals surface area contributed by atoms with Gasteiger partial charge >= 0.3 is 5.97 Å². The summed E-state index contributed by atoms with van der Waals surface area (Å²) in [4.78, 5) is 16.0. The first-order valence-electron chi connectivity index (χ1n) is 10.8. The normalized spacial score (nSPS) is 29.6. The second-order valence-electron chi connectivity index (χ2n) is 9.09. The molecule has 2 saturated heterocycles. The van der Waals surface area contributed by atoms with Crippen LogP contribution in [0.15, 0.2) is 60.7 Å². The zero-order valence-electron chi connectivity index (χ0n) is 17.0. The molecule has 1 aliphatic carbocycles. The zero-order chi connectivity index (χ0) is 20.1. The van der Waals surface area contributed by atoms with Crippen LogP contribution in [-0.2, 0) is 15.1 Å². The van der Waals surface area contributed by atoms with Crippen molar-refractivity contribution in [3.05, 3.63) is 71.8 Å². The van der Waals surface area contributed by atoms with Crippen molar-refractivity contribution in [2.24, 2.45) is 5.92 Å². The Morgan fingerprint density at radius 3 is 2.17 bits per heavy atom. The molecule has 2 aromatic carbocycles. The van der Waals surface area contributed by atoms with Gasteiger partial charge in [-0.2, -0.15) is 0 Å². The molecule has 1 N–H and O–H groups in total. The molecule has 4 heteroatoms. The summed E-state index contributed by atoms with van der Waals surface area (Å²) in [5.41, 5.74) is -0.517. The van der Waals surface area contributed by atoms with Crippen LogP contribution in [0.5, 0.6) is 0 Å². The van der Waals surface area contributed by atoms with Crippen molar-refractivity contribution in [3.63, 3.8) is 0 Å². The fourth-order valence-corrected chi connectivity index (χ4v) is 5.82. The summed E-state index contributed by atoms with van der Waals surface area (Å²) in [6.45, 7) is 0. The molecular formula is C25H29NO3. The molecule has 152 valence electrons. The number of esters is 1. The Morgan fingerprint density at radius 1 is 1.03 bits per heavy atom. The fraction of sp³-hybridized carbons (Fsp3) is 0.480. The van der Waals surface area contributed by atoms with E-state index in [2.05, 4.69) is 11.9 Å². The zero-order valence-corrected chi connectivity index (χ0v) is 17.0. The Morgan fingerprint density at radius 2 is 1.62 bits per heavy atom. The summed E-state index contributed by atoms with van der Waals surface area (Å²) in [5.74, 6) is 0.177. The first-order valence-corrected chi connectivity index (χ1v) is 10.8. The van der Waals surface area contributed by atoms with E-state index < -0.39 is 11.6 Å². The molecule has 5 rings (SSSR count). The molecule has 2 aromatic rings. The SMILES string of the molecule is CN1C2CCC1(C1CC1)CC(OC(=O)C(O)(c1ccccc1)c1ccccc1)C2. The summed E-state index contributed by atoms with van der Waals surface area (Å²) in [5, 5.41) is 11.7. The van der Waals surface area contributed by atoms with Crippen molar-refractivity contribution in [3.8, 4) is 0 Å². The predicted octanol–water partition coefficient (Wildman–Crippen LogP) is 3.87. The van der Waals surface area contributed by atoms with Crippen LogP contribution >= 0.6 is 0 Å². The molecule has 0 spiro atoms. The minimum Gasteiger partial charge on any atom is -0.460 e. The average molecular weight is 392 g/mol. The van der Waals surface area contributed by atoms with Crippen LogP contribution in [0.3, 0.4) is 0 Å². The smallest absolute Gasteiger partial charge is 0.347 e. The van der Waals surface area contributed by atoms with Crippen LogP contribution in [-0.4, -0.2) is 40.7 Å². The molecule has 2 heterocycles. The number of piperidine rings is 1. The highest BCUT2D eigenvalue weighted by Crippen LogP contribution is 2.55. The van der Waals surface area contributed by atoms with Gasteiger partial charge in [0, 0.05) is 24.4 Å². The van der Waals surface area contributed by atoms with Gasteiger partial charge < -0.3 is 9.84 Å². The molecule has 0 amide bonds. The minimum absolute atomic E-state index is 0.134. The Labute approximate surface area is 172 Å². The molecule has 29 heavy (non-hydrogen) atoms. The molecule has 0 aromatic heterocycles. The van der Waals surface area contributed by atoms with Crippen LogP contribution in [0.2, 0.25) is 0 Å². The lowest BCUT2D eigenvalue weighted by Crippen LogP contribution is -2.55. The fourth-order valence-electron chi connectivity index (χ4n) is 5.82. The Hall–Kier alpha value is -2.17.